The van der Waals surface area contributed by atoms with Crippen LogP contribution in [-0.2, 0) is 46.1 Å². The van der Waals surface area contributed by atoms with Crippen molar-refractivity contribution >= 4 is 78.8 Å². The summed E-state index contributed by atoms with van der Waals surface area (Å²) in [5.74, 6) is -4.55. The number of alkyl halides is 6. The molecule has 0 spiro atoms. The molecule has 8 aromatic rings. The van der Waals surface area contributed by atoms with Gasteiger partial charge in [0.1, 0.15) is 12.1 Å². The summed E-state index contributed by atoms with van der Waals surface area (Å²) < 4.78 is 83.0. The molecule has 18 nitrogen and oxygen atoms in total. The number of benzene rings is 4. The number of rotatable bonds is 23. The number of fused-ring (bicyclic) bond motifs is 2. The summed E-state index contributed by atoms with van der Waals surface area (Å²) in [6.45, 7) is 5.93. The number of aryl methyl sites for hydroxylation is 2. The molecule has 2 saturated carbocycles. The van der Waals surface area contributed by atoms with E-state index in [9.17, 15) is 60.2 Å². The minimum Gasteiger partial charge on any atom is -0.545 e. The van der Waals surface area contributed by atoms with Crippen LogP contribution in [0.1, 0.15) is 155 Å². The Morgan fingerprint density at radius 2 is 0.945 bits per heavy atom. The van der Waals surface area contributed by atoms with E-state index < -0.39 is 70.5 Å². The van der Waals surface area contributed by atoms with Crippen LogP contribution >= 0.6 is 22.7 Å². The first-order valence-corrected chi connectivity index (χ1v) is 30.9. The molecule has 2 amide bonds. The lowest BCUT2D eigenvalue weighted by Gasteiger charge is -2.19. The molecule has 486 valence electrons. The van der Waals surface area contributed by atoms with E-state index in [-0.39, 0.29) is 22.9 Å². The average Bonchev–Trinajstić information content (AvgIpc) is 1.63. The quantitative estimate of drug-likeness (QED) is 0.0213. The summed E-state index contributed by atoms with van der Waals surface area (Å²) in [5, 5.41) is 43.2. The van der Waals surface area contributed by atoms with E-state index in [0.29, 0.717) is 54.7 Å². The number of aromatic nitrogens is 2. The number of thiophene rings is 2. The minimum atomic E-state index is -4.39. The zero-order chi connectivity index (χ0) is 66.6. The maximum atomic E-state index is 13.5. The second kappa shape index (κ2) is 30.1. The van der Waals surface area contributed by atoms with Gasteiger partial charge < -0.3 is 67.9 Å². The Morgan fingerprint density at radius 1 is 0.571 bits per heavy atom. The number of carbonyl (C=O) groups excluding carboxylic acids is 3. The van der Waals surface area contributed by atoms with Crippen LogP contribution in [0.25, 0.3) is 20.4 Å². The summed E-state index contributed by atoms with van der Waals surface area (Å²) in [7, 11) is 0. The van der Waals surface area contributed by atoms with Gasteiger partial charge in [-0.2, -0.15) is 26.3 Å². The molecule has 4 heterocycles. The van der Waals surface area contributed by atoms with E-state index in [0.717, 1.165) is 130 Å². The molecular formula is C65H72F6N8O10S2. The molecule has 4 aromatic heterocycles. The number of amides is 2. The van der Waals surface area contributed by atoms with Crippen molar-refractivity contribution in [2.24, 2.45) is 17.2 Å². The maximum Gasteiger partial charge on any atom is 0.416 e. The first-order valence-electron chi connectivity index (χ1n) is 29.3. The predicted octanol–water partition coefficient (Wildman–Crippen LogP) is 9.78. The number of carboxylic acid groups (broad SMARTS) is 4. The van der Waals surface area contributed by atoms with Gasteiger partial charge in [-0.15, -0.1) is 22.7 Å². The van der Waals surface area contributed by atoms with Crippen LogP contribution in [0.2, 0.25) is 0 Å². The van der Waals surface area contributed by atoms with Gasteiger partial charge >= 0.3 is 30.3 Å². The molecule has 0 aliphatic heterocycles. The summed E-state index contributed by atoms with van der Waals surface area (Å²) in [5.41, 5.74) is 22.9. The van der Waals surface area contributed by atoms with Gasteiger partial charge in [0.15, 0.2) is 0 Å². The molecule has 91 heavy (non-hydrogen) atoms. The minimum absolute atomic E-state index is 0.0763. The molecule has 0 unspecified atom stereocenters. The average molecular weight is 1300 g/mol. The number of hydrogen-bond donors (Lipinski definition) is 9. The van der Waals surface area contributed by atoms with Gasteiger partial charge in [-0.25, -0.2) is 4.79 Å². The lowest BCUT2D eigenvalue weighted by molar-refractivity contribution is -0.368. The number of nitrogens with zero attached hydrogens (tertiary/aromatic N) is 2. The second-order valence-electron chi connectivity index (χ2n) is 22.5. The van der Waals surface area contributed by atoms with E-state index in [4.69, 9.17) is 32.5 Å². The fourth-order valence-electron chi connectivity index (χ4n) is 10.3. The zero-order valence-electron chi connectivity index (χ0n) is 49.9. The van der Waals surface area contributed by atoms with Gasteiger partial charge in [0.05, 0.1) is 71.8 Å². The molecule has 0 radical (unpaired) electrons. The normalized spacial score (nSPS) is 14.3. The van der Waals surface area contributed by atoms with E-state index in [1.807, 2.05) is 47.5 Å². The van der Waals surface area contributed by atoms with Crippen molar-refractivity contribution in [3.05, 3.63) is 187 Å². The van der Waals surface area contributed by atoms with Crippen molar-refractivity contribution in [1.29, 1.82) is 0 Å². The number of carbonyl (C=O) groups is 6. The number of unbranched alkanes of at least 4 members (excludes halogenated alkanes) is 3. The SMILES string of the molecule is Cc1sc2ccn(Cc3ccc(C(F)(F)F)cc3)c2c1C(=O)NC1(c2ccc(C(=O)O)cc2)CC1.Cc1sc2ccn(Cc3ccc(C(F)(F)F)cc3)c2c1C(=O)NC1(c2ccc(C(=O)[O-])cc2)CC1.NCCCCC[C@H](N)C(=O)O.N[C@@H](CCCC[NH3+])C(=O)O. The van der Waals surface area contributed by atoms with Crippen LogP contribution in [0, 0.1) is 13.8 Å². The van der Waals surface area contributed by atoms with Crippen molar-refractivity contribution < 1.29 is 81.3 Å². The molecule has 14 N–H and O–H groups in total. The molecule has 2 fully saturated rings. The van der Waals surface area contributed by atoms with Crippen LogP contribution in [-0.4, -0.2) is 85.3 Å². The van der Waals surface area contributed by atoms with Crippen molar-refractivity contribution in [1.82, 2.24) is 19.8 Å². The Bertz CT molecular complexity index is 3610. The Kier molecular flexibility index (Phi) is 23.2. The summed E-state index contributed by atoms with van der Waals surface area (Å²) in [6.07, 6.45) is 3.58. The van der Waals surface area contributed by atoms with Crippen molar-refractivity contribution in [2.75, 3.05) is 13.1 Å². The molecule has 10 rings (SSSR count). The van der Waals surface area contributed by atoms with Crippen LogP contribution < -0.4 is 38.7 Å². The summed E-state index contributed by atoms with van der Waals surface area (Å²) >= 11 is 2.99. The molecule has 2 atom stereocenters. The van der Waals surface area contributed by atoms with E-state index >= 15 is 0 Å². The highest BCUT2D eigenvalue weighted by Crippen LogP contribution is 2.48. The third-order valence-electron chi connectivity index (χ3n) is 15.7. The van der Waals surface area contributed by atoms with Crippen molar-refractivity contribution in [3.8, 4) is 0 Å². The van der Waals surface area contributed by atoms with E-state index in [1.54, 1.807) is 24.3 Å². The van der Waals surface area contributed by atoms with Crippen LogP contribution in [0.5, 0.6) is 0 Å². The first-order chi connectivity index (χ1) is 43.0. The Balaban J connectivity index is 0.000000198. The zero-order valence-corrected chi connectivity index (χ0v) is 51.6. The lowest BCUT2D eigenvalue weighted by atomic mass is 10.0. The highest BCUT2D eigenvalue weighted by molar-refractivity contribution is 7.19. The smallest absolute Gasteiger partial charge is 0.416 e. The number of nitrogens with one attached hydrogen (secondary N) is 2. The molecule has 2 aliphatic rings. The standard InChI is InChI=1S/2C26H21F3N2O3S.C7H16N2O2.C6H14N2O2/c2*1-15-21(23(32)30-25(11-12-25)18-8-4-17(5-9-18)24(33)34)22-20(35-15)10-13-31(22)14-16-2-6-19(7-3-16)26(27,28)29;8-5-3-1-2-4-6(9)7(10)11;7-4-2-1-3-5(8)6(9)10/h2*2-10,13H,11-12,14H2,1H3,(H,30,32)(H,33,34);6H,1-5,8-9H2,(H,10,11);5H,1-4,7-8H2,(H,9,10)/t;;6-;5-/m..00/s1. The van der Waals surface area contributed by atoms with Gasteiger partial charge in [-0.1, -0.05) is 73.5 Å². The molecule has 4 aromatic carbocycles. The molecule has 0 saturated heterocycles. The number of carboxylic acids is 4. The Morgan fingerprint density at radius 3 is 1.26 bits per heavy atom. The number of aliphatic carboxylic acids is 2. The monoisotopic (exact) mass is 1300 g/mol. The van der Waals surface area contributed by atoms with Gasteiger partial charge in [0.25, 0.3) is 11.8 Å². The Labute approximate surface area is 527 Å². The first kappa shape index (κ1) is 70.1. The van der Waals surface area contributed by atoms with Crippen molar-refractivity contribution in [2.45, 2.75) is 133 Å². The highest BCUT2D eigenvalue weighted by atomic mass is 32.1. The van der Waals surface area contributed by atoms with Crippen LogP contribution in [0.4, 0.5) is 26.3 Å². The van der Waals surface area contributed by atoms with Crippen LogP contribution in [0.3, 0.4) is 0 Å². The Hall–Kier alpha value is -8.40. The third kappa shape index (κ3) is 18.2. The molecular weight excluding hydrogens is 1230 g/mol. The topological polar surface area (TPSA) is 326 Å². The summed E-state index contributed by atoms with van der Waals surface area (Å²) in [6, 6.07) is 25.3. The molecule has 26 heteroatoms. The largest absolute Gasteiger partial charge is 0.545 e. The van der Waals surface area contributed by atoms with E-state index in [1.165, 1.54) is 71.2 Å². The number of nitrogens with two attached hydrogens (primary N) is 3. The third-order valence-corrected chi connectivity index (χ3v) is 17.8. The molecule has 0 bridgehead atoms. The maximum absolute atomic E-state index is 13.5. The predicted molar refractivity (Wildman–Crippen MR) is 331 cm³/mol. The second-order valence-corrected chi connectivity index (χ2v) is 25.0. The summed E-state index contributed by atoms with van der Waals surface area (Å²) in [4.78, 5) is 71.2. The van der Waals surface area contributed by atoms with Gasteiger partial charge in [0, 0.05) is 35.2 Å². The van der Waals surface area contributed by atoms with Gasteiger partial charge in [-0.3, -0.25) is 19.2 Å². The van der Waals surface area contributed by atoms with E-state index in [2.05, 4.69) is 16.4 Å². The van der Waals surface area contributed by atoms with Gasteiger partial charge in [0.2, 0.25) is 0 Å². The van der Waals surface area contributed by atoms with Crippen molar-refractivity contribution in [3.63, 3.8) is 0 Å². The van der Waals surface area contributed by atoms with Crippen LogP contribution in [0.15, 0.2) is 122 Å². The molecule has 2 aliphatic carbocycles. The lowest BCUT2D eigenvalue weighted by Crippen LogP contribution is -2.50. The number of hydrogen-bond acceptors (Lipinski definition) is 12. The number of quaternary nitrogens is 1. The fourth-order valence-corrected chi connectivity index (χ4v) is 12.4. The number of aromatic carboxylic acids is 2. The highest BCUT2D eigenvalue weighted by Gasteiger charge is 2.47. The fraction of sp³-hybridized carbons (Fsp3) is 0.354. The number of halogens is 6. The van der Waals surface area contributed by atoms with Gasteiger partial charge in [-0.05, 0) is 155 Å².